The van der Waals surface area contributed by atoms with Gasteiger partial charge in [-0.25, -0.2) is 14.4 Å². The Balaban J connectivity index is 2.48. The molecule has 0 radical (unpaired) electrons. The predicted molar refractivity (Wildman–Crippen MR) is 86.3 cm³/mol. The predicted octanol–water partition coefficient (Wildman–Crippen LogP) is 4.94. The number of hydrogen-bond acceptors (Lipinski definition) is 3. The van der Waals surface area contributed by atoms with Gasteiger partial charge in [-0.05, 0) is 47.5 Å². The Hall–Kier alpha value is -1.01. The summed E-state index contributed by atoms with van der Waals surface area (Å²) in [6.45, 7) is 4.79. The molecule has 20 heavy (non-hydrogen) atoms. The number of nitrogens with one attached hydrogen (secondary N) is 1. The molecule has 2 rings (SSSR count). The molecule has 106 valence electrons. The van der Waals surface area contributed by atoms with E-state index in [9.17, 15) is 4.39 Å². The molecular weight excluding hydrogens is 389 g/mol. The van der Waals surface area contributed by atoms with E-state index in [1.807, 2.05) is 6.92 Å². The van der Waals surface area contributed by atoms with Crippen LogP contribution in [0, 0.1) is 12.7 Å². The van der Waals surface area contributed by atoms with Gasteiger partial charge in [0.15, 0.2) is 5.82 Å². The van der Waals surface area contributed by atoms with Crippen LogP contribution in [-0.4, -0.2) is 16.5 Å². The summed E-state index contributed by atoms with van der Waals surface area (Å²) in [7, 11) is 0. The molecule has 0 spiro atoms. The van der Waals surface area contributed by atoms with Crippen LogP contribution in [0.15, 0.2) is 27.1 Å². The highest BCUT2D eigenvalue weighted by Crippen LogP contribution is 2.28. The number of nitrogens with zero attached hydrogens (tertiary/aromatic N) is 2. The zero-order valence-corrected chi connectivity index (χ0v) is 14.3. The van der Waals surface area contributed by atoms with Gasteiger partial charge in [0.1, 0.15) is 11.6 Å². The lowest BCUT2D eigenvalue weighted by atomic mass is 10.2. The molecule has 0 saturated heterocycles. The lowest BCUT2D eigenvalue weighted by molar-refractivity contribution is 0.627. The van der Waals surface area contributed by atoms with E-state index in [1.54, 1.807) is 6.07 Å². The summed E-state index contributed by atoms with van der Waals surface area (Å²) in [5.74, 6) is 0.917. The number of hydrogen-bond donors (Lipinski definition) is 1. The van der Waals surface area contributed by atoms with E-state index in [0.29, 0.717) is 15.9 Å². The summed E-state index contributed by atoms with van der Waals surface area (Å²) < 4.78 is 15.0. The summed E-state index contributed by atoms with van der Waals surface area (Å²) in [6.07, 6.45) is 0.996. The van der Waals surface area contributed by atoms with Crippen molar-refractivity contribution in [3.05, 3.63) is 38.7 Å². The zero-order valence-electron chi connectivity index (χ0n) is 11.2. The van der Waals surface area contributed by atoms with Crippen molar-refractivity contribution in [1.82, 2.24) is 9.97 Å². The smallest absolute Gasteiger partial charge is 0.161 e. The minimum atomic E-state index is -0.318. The van der Waals surface area contributed by atoms with Gasteiger partial charge in [0.25, 0.3) is 0 Å². The minimum absolute atomic E-state index is 0.318. The topological polar surface area (TPSA) is 37.8 Å². The van der Waals surface area contributed by atoms with Gasteiger partial charge in [-0.15, -0.1) is 0 Å². The van der Waals surface area contributed by atoms with Gasteiger partial charge >= 0.3 is 0 Å². The molecule has 1 aromatic carbocycles. The van der Waals surface area contributed by atoms with Crippen LogP contribution in [0.5, 0.6) is 0 Å². The van der Waals surface area contributed by atoms with E-state index >= 15 is 0 Å². The lowest BCUT2D eigenvalue weighted by Gasteiger charge is -2.11. The highest BCUT2D eigenvalue weighted by atomic mass is 79.9. The quantitative estimate of drug-likeness (QED) is 0.787. The summed E-state index contributed by atoms with van der Waals surface area (Å²) in [4.78, 5) is 8.87. The summed E-state index contributed by atoms with van der Waals surface area (Å²) in [5, 5.41) is 3.24. The van der Waals surface area contributed by atoms with Crippen molar-refractivity contribution in [2.45, 2.75) is 20.3 Å². The zero-order chi connectivity index (χ0) is 14.7. The Kier molecular flexibility index (Phi) is 5.10. The monoisotopic (exact) mass is 401 g/mol. The van der Waals surface area contributed by atoms with Gasteiger partial charge in [0.2, 0.25) is 0 Å². The molecule has 0 saturated carbocycles. The second kappa shape index (κ2) is 6.63. The molecule has 0 atom stereocenters. The fourth-order valence-electron chi connectivity index (χ4n) is 1.73. The SMILES string of the molecule is CCCNc1nc(-c2cc(F)cc(Br)c2)nc(C)c1Br. The number of anilines is 1. The molecule has 0 unspecified atom stereocenters. The van der Waals surface area contributed by atoms with Gasteiger partial charge < -0.3 is 5.32 Å². The third kappa shape index (κ3) is 3.55. The van der Waals surface area contributed by atoms with Crippen LogP contribution in [-0.2, 0) is 0 Å². The van der Waals surface area contributed by atoms with Gasteiger partial charge in [-0.3, -0.25) is 0 Å². The van der Waals surface area contributed by atoms with Crippen LogP contribution >= 0.6 is 31.9 Å². The van der Waals surface area contributed by atoms with E-state index in [2.05, 4.69) is 54.1 Å². The van der Waals surface area contributed by atoms with Gasteiger partial charge in [-0.1, -0.05) is 22.9 Å². The lowest BCUT2D eigenvalue weighted by Crippen LogP contribution is -2.06. The highest BCUT2D eigenvalue weighted by molar-refractivity contribution is 9.11. The minimum Gasteiger partial charge on any atom is -0.369 e. The Morgan fingerprint density at radius 1 is 1.20 bits per heavy atom. The van der Waals surface area contributed by atoms with E-state index < -0.39 is 0 Å². The second-order valence-corrected chi connectivity index (χ2v) is 6.09. The maximum Gasteiger partial charge on any atom is 0.161 e. The van der Waals surface area contributed by atoms with Crippen molar-refractivity contribution in [3.63, 3.8) is 0 Å². The first-order valence-corrected chi connectivity index (χ1v) is 7.84. The van der Waals surface area contributed by atoms with E-state index in [0.717, 1.165) is 29.0 Å². The number of benzene rings is 1. The molecule has 1 aromatic heterocycles. The second-order valence-electron chi connectivity index (χ2n) is 4.38. The van der Waals surface area contributed by atoms with Crippen LogP contribution in [0.3, 0.4) is 0 Å². The molecule has 0 aliphatic heterocycles. The van der Waals surface area contributed by atoms with Crippen LogP contribution in [0.2, 0.25) is 0 Å². The Labute approximate surface area is 134 Å². The number of rotatable bonds is 4. The largest absolute Gasteiger partial charge is 0.369 e. The molecular formula is C14H14Br2FN3. The highest BCUT2D eigenvalue weighted by Gasteiger charge is 2.11. The van der Waals surface area contributed by atoms with Crippen molar-refractivity contribution in [2.24, 2.45) is 0 Å². The average molecular weight is 403 g/mol. The van der Waals surface area contributed by atoms with Crippen molar-refractivity contribution >= 4 is 37.7 Å². The standard InChI is InChI=1S/C14H14Br2FN3/c1-3-4-18-14-12(16)8(2)19-13(20-14)9-5-10(15)7-11(17)6-9/h5-7H,3-4H2,1-2H3,(H,18,19,20). The van der Waals surface area contributed by atoms with Crippen LogP contribution < -0.4 is 5.32 Å². The number of aryl methyl sites for hydroxylation is 1. The third-order valence-corrected chi connectivity index (χ3v) is 4.09. The fraction of sp³-hybridized carbons (Fsp3) is 0.286. The Morgan fingerprint density at radius 2 is 1.95 bits per heavy atom. The first-order valence-electron chi connectivity index (χ1n) is 6.25. The van der Waals surface area contributed by atoms with E-state index in [1.165, 1.54) is 12.1 Å². The van der Waals surface area contributed by atoms with Crippen LogP contribution in [0.4, 0.5) is 10.2 Å². The molecule has 6 heteroatoms. The van der Waals surface area contributed by atoms with Gasteiger partial charge in [0, 0.05) is 16.6 Å². The molecule has 1 heterocycles. The third-order valence-electron chi connectivity index (χ3n) is 2.68. The van der Waals surface area contributed by atoms with Crippen molar-refractivity contribution in [3.8, 4) is 11.4 Å². The first kappa shape index (κ1) is 15.4. The fourth-order valence-corrected chi connectivity index (χ4v) is 2.51. The molecule has 3 nitrogen and oxygen atoms in total. The van der Waals surface area contributed by atoms with E-state index in [-0.39, 0.29) is 5.82 Å². The first-order chi connectivity index (χ1) is 9.51. The number of aromatic nitrogens is 2. The maximum absolute atomic E-state index is 13.5. The van der Waals surface area contributed by atoms with Crippen molar-refractivity contribution < 1.29 is 4.39 Å². The summed E-state index contributed by atoms with van der Waals surface area (Å²) in [5.41, 5.74) is 1.46. The molecule has 0 aliphatic carbocycles. The van der Waals surface area contributed by atoms with E-state index in [4.69, 9.17) is 0 Å². The normalized spacial score (nSPS) is 10.7. The van der Waals surface area contributed by atoms with Crippen LogP contribution in [0.1, 0.15) is 19.0 Å². The molecule has 0 bridgehead atoms. The van der Waals surface area contributed by atoms with Crippen LogP contribution in [0.25, 0.3) is 11.4 Å². The maximum atomic E-state index is 13.5. The van der Waals surface area contributed by atoms with Crippen molar-refractivity contribution in [2.75, 3.05) is 11.9 Å². The molecule has 1 N–H and O–H groups in total. The summed E-state index contributed by atoms with van der Waals surface area (Å²) >= 11 is 6.76. The summed E-state index contributed by atoms with van der Waals surface area (Å²) in [6, 6.07) is 4.64. The molecule has 2 aromatic rings. The Morgan fingerprint density at radius 3 is 2.60 bits per heavy atom. The average Bonchev–Trinajstić information content (AvgIpc) is 2.39. The Bertz CT molecular complexity index is 612. The molecule has 0 amide bonds. The van der Waals surface area contributed by atoms with Gasteiger partial charge in [-0.2, -0.15) is 0 Å². The number of halogens is 3. The van der Waals surface area contributed by atoms with Gasteiger partial charge in [0.05, 0.1) is 10.2 Å². The van der Waals surface area contributed by atoms with Crippen molar-refractivity contribution in [1.29, 1.82) is 0 Å². The molecule has 0 fully saturated rings. The molecule has 0 aliphatic rings.